The van der Waals surface area contributed by atoms with Crippen molar-refractivity contribution in [1.29, 1.82) is 0 Å². The van der Waals surface area contributed by atoms with Gasteiger partial charge in [-0.05, 0) is 43.5 Å². The fraction of sp³-hybridized carbons (Fsp3) is 0.412. The van der Waals surface area contributed by atoms with Gasteiger partial charge in [-0.1, -0.05) is 12.1 Å². The lowest BCUT2D eigenvalue weighted by Crippen LogP contribution is -2.54. The molecule has 3 aliphatic rings. The highest BCUT2D eigenvalue weighted by Gasteiger charge is 2.45. The van der Waals surface area contributed by atoms with E-state index in [0.29, 0.717) is 17.0 Å². The van der Waals surface area contributed by atoms with E-state index in [1.807, 2.05) is 6.07 Å². The van der Waals surface area contributed by atoms with Crippen LogP contribution in [-0.4, -0.2) is 47.7 Å². The van der Waals surface area contributed by atoms with Crippen molar-refractivity contribution in [1.82, 2.24) is 15.5 Å². The minimum Gasteiger partial charge on any atom is -0.316 e. The van der Waals surface area contributed by atoms with Crippen LogP contribution in [0.3, 0.4) is 0 Å². The van der Waals surface area contributed by atoms with E-state index in [9.17, 15) is 19.2 Å². The number of amides is 4. The lowest BCUT2D eigenvalue weighted by Gasteiger charge is -2.28. The molecule has 0 aliphatic carbocycles. The molecule has 0 saturated carbocycles. The monoisotopic (exact) mass is 327 g/mol. The molecule has 1 atom stereocenters. The molecule has 2 fully saturated rings. The van der Waals surface area contributed by atoms with Gasteiger partial charge in [-0.25, -0.2) is 0 Å². The van der Waals surface area contributed by atoms with Crippen LogP contribution in [-0.2, 0) is 16.0 Å². The summed E-state index contributed by atoms with van der Waals surface area (Å²) in [6.07, 6.45) is 1.04. The van der Waals surface area contributed by atoms with Crippen molar-refractivity contribution in [3.05, 3.63) is 34.9 Å². The number of piperidine rings is 1. The Labute approximate surface area is 138 Å². The maximum Gasteiger partial charge on any atom is 0.262 e. The van der Waals surface area contributed by atoms with Gasteiger partial charge in [0.1, 0.15) is 6.04 Å². The van der Waals surface area contributed by atoms with Crippen molar-refractivity contribution < 1.29 is 19.2 Å². The van der Waals surface area contributed by atoms with E-state index in [4.69, 9.17) is 0 Å². The van der Waals surface area contributed by atoms with Crippen molar-refractivity contribution in [2.75, 3.05) is 13.1 Å². The first-order valence-electron chi connectivity index (χ1n) is 8.10. The van der Waals surface area contributed by atoms with Crippen molar-refractivity contribution in [3.63, 3.8) is 0 Å². The predicted octanol–water partition coefficient (Wildman–Crippen LogP) is -0.150. The summed E-state index contributed by atoms with van der Waals surface area (Å²) in [6.45, 7) is 1.81. The number of rotatable bonds is 3. The Morgan fingerprint density at radius 3 is 2.54 bits per heavy atom. The zero-order valence-electron chi connectivity index (χ0n) is 13.0. The molecule has 2 N–H and O–H groups in total. The minimum absolute atomic E-state index is 0.129. The molecule has 7 nitrogen and oxygen atoms in total. The Hall–Kier alpha value is -2.54. The van der Waals surface area contributed by atoms with Crippen LogP contribution >= 0.6 is 0 Å². The third kappa shape index (κ3) is 2.24. The molecular formula is C17H17N3O4. The molecule has 0 bridgehead atoms. The molecular weight excluding hydrogens is 310 g/mol. The number of hydrogen-bond acceptors (Lipinski definition) is 5. The maximum atomic E-state index is 12.9. The van der Waals surface area contributed by atoms with Gasteiger partial charge < -0.3 is 5.32 Å². The first-order chi connectivity index (χ1) is 11.6. The van der Waals surface area contributed by atoms with Crippen molar-refractivity contribution in [2.45, 2.75) is 25.3 Å². The topological polar surface area (TPSA) is 95.6 Å². The molecule has 24 heavy (non-hydrogen) atoms. The van der Waals surface area contributed by atoms with Crippen LogP contribution in [0.2, 0.25) is 0 Å². The van der Waals surface area contributed by atoms with Gasteiger partial charge in [0, 0.05) is 6.42 Å². The van der Waals surface area contributed by atoms with Crippen LogP contribution in [0.1, 0.15) is 39.1 Å². The molecule has 1 aromatic rings. The van der Waals surface area contributed by atoms with Crippen LogP contribution in [0.15, 0.2) is 18.2 Å². The smallest absolute Gasteiger partial charge is 0.262 e. The summed E-state index contributed by atoms with van der Waals surface area (Å²) < 4.78 is 0. The molecule has 1 unspecified atom stereocenters. The Balaban J connectivity index is 1.66. The van der Waals surface area contributed by atoms with Crippen LogP contribution in [0.25, 0.3) is 0 Å². The van der Waals surface area contributed by atoms with E-state index in [1.165, 1.54) is 0 Å². The van der Waals surface area contributed by atoms with Crippen LogP contribution in [0.4, 0.5) is 0 Å². The van der Waals surface area contributed by atoms with Crippen LogP contribution < -0.4 is 10.6 Å². The Bertz CT molecular complexity index is 769. The molecule has 4 amide bonds. The summed E-state index contributed by atoms with van der Waals surface area (Å²) in [6, 6.07) is 4.37. The van der Waals surface area contributed by atoms with Crippen molar-refractivity contribution >= 4 is 23.6 Å². The average Bonchev–Trinajstić information content (AvgIpc) is 2.76. The number of nitrogens with zero attached hydrogens (tertiary/aromatic N) is 1. The number of fused-ring (bicyclic) bond motifs is 1. The van der Waals surface area contributed by atoms with Gasteiger partial charge in [0.2, 0.25) is 11.8 Å². The van der Waals surface area contributed by atoms with Gasteiger partial charge >= 0.3 is 0 Å². The second-order valence-electron chi connectivity index (χ2n) is 6.52. The number of carbonyl (C=O) groups is 4. The second kappa shape index (κ2) is 5.52. The fourth-order valence-corrected chi connectivity index (χ4v) is 3.56. The van der Waals surface area contributed by atoms with Crippen molar-refractivity contribution in [2.24, 2.45) is 5.92 Å². The molecule has 2 saturated heterocycles. The number of imide groups is 2. The lowest BCUT2D eigenvalue weighted by atomic mass is 9.90. The van der Waals surface area contributed by atoms with E-state index in [1.54, 1.807) is 12.1 Å². The SMILES string of the molecule is O=C1CCC(N2C(=O)c3cccc(CC4CNC4)c3C2=O)C(=O)N1. The Morgan fingerprint density at radius 2 is 1.88 bits per heavy atom. The zero-order chi connectivity index (χ0) is 16.8. The summed E-state index contributed by atoms with van der Waals surface area (Å²) in [5, 5.41) is 5.40. The Kier molecular flexibility index (Phi) is 3.45. The summed E-state index contributed by atoms with van der Waals surface area (Å²) in [7, 11) is 0. The van der Waals surface area contributed by atoms with Crippen molar-refractivity contribution in [3.8, 4) is 0 Å². The first-order valence-corrected chi connectivity index (χ1v) is 8.10. The van der Waals surface area contributed by atoms with E-state index in [2.05, 4.69) is 10.6 Å². The number of benzene rings is 1. The van der Waals surface area contributed by atoms with E-state index < -0.39 is 23.8 Å². The van der Waals surface area contributed by atoms with Gasteiger partial charge in [0.15, 0.2) is 0 Å². The van der Waals surface area contributed by atoms with Crippen LogP contribution in [0, 0.1) is 5.92 Å². The zero-order valence-corrected chi connectivity index (χ0v) is 13.0. The molecule has 124 valence electrons. The van der Waals surface area contributed by atoms with Gasteiger partial charge in [-0.2, -0.15) is 0 Å². The molecule has 7 heteroatoms. The maximum absolute atomic E-state index is 12.9. The predicted molar refractivity (Wildman–Crippen MR) is 83.2 cm³/mol. The minimum atomic E-state index is -0.909. The lowest BCUT2D eigenvalue weighted by molar-refractivity contribution is -0.136. The summed E-state index contributed by atoms with van der Waals surface area (Å²) in [4.78, 5) is 49.9. The number of nitrogens with one attached hydrogen (secondary N) is 2. The third-order valence-electron chi connectivity index (χ3n) is 4.93. The van der Waals surface area contributed by atoms with Gasteiger partial charge in [0.05, 0.1) is 11.1 Å². The van der Waals surface area contributed by atoms with Gasteiger partial charge in [-0.15, -0.1) is 0 Å². The van der Waals surface area contributed by atoms with Gasteiger partial charge in [0.25, 0.3) is 11.8 Å². The first kappa shape index (κ1) is 15.0. The van der Waals surface area contributed by atoms with Crippen LogP contribution in [0.5, 0.6) is 0 Å². The van der Waals surface area contributed by atoms with E-state index >= 15 is 0 Å². The standard InChI is InChI=1S/C17H17N3O4/c21-13-5-4-12(15(22)19-13)20-16(23)11-3-1-2-10(14(11)17(20)24)6-9-7-18-8-9/h1-3,9,12,18H,4-8H2,(H,19,21,22). The third-order valence-corrected chi connectivity index (χ3v) is 4.93. The van der Waals surface area contributed by atoms with E-state index in [-0.39, 0.29) is 18.7 Å². The highest BCUT2D eigenvalue weighted by molar-refractivity contribution is 6.24. The highest BCUT2D eigenvalue weighted by Crippen LogP contribution is 2.31. The molecule has 0 aromatic heterocycles. The molecule has 0 spiro atoms. The van der Waals surface area contributed by atoms with Gasteiger partial charge in [-0.3, -0.25) is 29.4 Å². The number of carbonyl (C=O) groups excluding carboxylic acids is 4. The fourth-order valence-electron chi connectivity index (χ4n) is 3.56. The number of hydrogen-bond donors (Lipinski definition) is 2. The summed E-state index contributed by atoms with van der Waals surface area (Å²) in [5.41, 5.74) is 1.63. The molecule has 3 aliphatic heterocycles. The average molecular weight is 327 g/mol. The second-order valence-corrected chi connectivity index (χ2v) is 6.52. The Morgan fingerprint density at radius 1 is 1.08 bits per heavy atom. The molecule has 1 aromatic carbocycles. The summed E-state index contributed by atoms with van der Waals surface area (Å²) >= 11 is 0. The normalized spacial score (nSPS) is 24.0. The molecule has 0 radical (unpaired) electrons. The highest BCUT2D eigenvalue weighted by atomic mass is 16.2. The summed E-state index contributed by atoms with van der Waals surface area (Å²) in [5.74, 6) is -1.36. The quantitative estimate of drug-likeness (QED) is 0.753. The molecule has 4 rings (SSSR count). The van der Waals surface area contributed by atoms with E-state index in [0.717, 1.165) is 30.0 Å². The molecule has 3 heterocycles. The largest absolute Gasteiger partial charge is 0.316 e.